The fourth-order valence-corrected chi connectivity index (χ4v) is 1.48. The van der Waals surface area contributed by atoms with Crippen molar-refractivity contribution in [2.45, 2.75) is 0 Å². The van der Waals surface area contributed by atoms with Crippen molar-refractivity contribution < 1.29 is 19.4 Å². The SMILES string of the molecule is COC(=O)c1cc(C(=O)O)n2nc(Cl)cc2n1. The van der Waals surface area contributed by atoms with Crippen LogP contribution >= 0.6 is 11.6 Å². The van der Waals surface area contributed by atoms with E-state index in [4.69, 9.17) is 16.7 Å². The van der Waals surface area contributed by atoms with Gasteiger partial charge in [0.25, 0.3) is 0 Å². The van der Waals surface area contributed by atoms with E-state index in [0.717, 1.165) is 10.6 Å². The lowest BCUT2D eigenvalue weighted by atomic mass is 10.3. The Morgan fingerprint density at radius 3 is 2.76 bits per heavy atom. The summed E-state index contributed by atoms with van der Waals surface area (Å²) in [4.78, 5) is 26.2. The van der Waals surface area contributed by atoms with E-state index in [9.17, 15) is 9.59 Å². The number of methoxy groups -OCH3 is 1. The van der Waals surface area contributed by atoms with Crippen molar-refractivity contribution in [2.75, 3.05) is 7.11 Å². The molecule has 0 bridgehead atoms. The molecule has 0 unspecified atom stereocenters. The van der Waals surface area contributed by atoms with Gasteiger partial charge in [0.05, 0.1) is 7.11 Å². The minimum atomic E-state index is -1.25. The smallest absolute Gasteiger partial charge is 0.356 e. The Bertz CT molecular complexity index is 622. The number of hydrogen-bond donors (Lipinski definition) is 1. The zero-order valence-electron chi connectivity index (χ0n) is 8.55. The van der Waals surface area contributed by atoms with Crippen LogP contribution in [-0.2, 0) is 4.74 Å². The van der Waals surface area contributed by atoms with Crippen LogP contribution in [0.15, 0.2) is 12.1 Å². The average Bonchev–Trinajstić information content (AvgIpc) is 2.66. The molecule has 2 aromatic rings. The van der Waals surface area contributed by atoms with Crippen LogP contribution in [0.5, 0.6) is 0 Å². The van der Waals surface area contributed by atoms with E-state index in [-0.39, 0.29) is 22.2 Å². The van der Waals surface area contributed by atoms with Gasteiger partial charge < -0.3 is 9.84 Å². The van der Waals surface area contributed by atoms with Gasteiger partial charge in [0, 0.05) is 12.1 Å². The van der Waals surface area contributed by atoms with Crippen LogP contribution < -0.4 is 0 Å². The Hall–Kier alpha value is -2.15. The highest BCUT2D eigenvalue weighted by Crippen LogP contribution is 2.13. The Balaban J connectivity index is 2.75. The second-order valence-corrected chi connectivity index (χ2v) is 3.45. The quantitative estimate of drug-likeness (QED) is 0.800. The van der Waals surface area contributed by atoms with Crippen molar-refractivity contribution in [1.29, 1.82) is 0 Å². The van der Waals surface area contributed by atoms with Gasteiger partial charge in [0.15, 0.2) is 22.2 Å². The number of ether oxygens (including phenoxy) is 1. The van der Waals surface area contributed by atoms with Crippen molar-refractivity contribution in [3.05, 3.63) is 28.7 Å². The van der Waals surface area contributed by atoms with E-state index in [2.05, 4.69) is 14.8 Å². The molecule has 8 heteroatoms. The summed E-state index contributed by atoms with van der Waals surface area (Å²) in [6.45, 7) is 0. The average molecular weight is 256 g/mol. The van der Waals surface area contributed by atoms with E-state index in [0.29, 0.717) is 0 Å². The predicted molar refractivity (Wildman–Crippen MR) is 56.3 cm³/mol. The molecule has 17 heavy (non-hydrogen) atoms. The third-order valence-electron chi connectivity index (χ3n) is 2.01. The lowest BCUT2D eigenvalue weighted by molar-refractivity contribution is 0.0594. The molecule has 0 spiro atoms. The van der Waals surface area contributed by atoms with Crippen molar-refractivity contribution in [1.82, 2.24) is 14.6 Å². The molecular weight excluding hydrogens is 250 g/mol. The predicted octanol–water partition coefficient (Wildman–Crippen LogP) is 0.867. The minimum Gasteiger partial charge on any atom is -0.477 e. The maximum Gasteiger partial charge on any atom is 0.356 e. The number of nitrogens with zero attached hydrogens (tertiary/aromatic N) is 3. The number of carboxylic acids is 1. The summed E-state index contributed by atoms with van der Waals surface area (Å²) < 4.78 is 5.51. The molecule has 0 atom stereocenters. The highest BCUT2D eigenvalue weighted by molar-refractivity contribution is 6.29. The highest BCUT2D eigenvalue weighted by atomic mass is 35.5. The molecule has 2 aromatic heterocycles. The maximum atomic E-state index is 11.3. The van der Waals surface area contributed by atoms with Gasteiger partial charge in [-0.25, -0.2) is 19.1 Å². The molecule has 0 radical (unpaired) electrons. The summed E-state index contributed by atoms with van der Waals surface area (Å²) in [5, 5.41) is 12.8. The van der Waals surface area contributed by atoms with Crippen LogP contribution in [0.25, 0.3) is 5.65 Å². The molecule has 0 fully saturated rings. The first kappa shape index (κ1) is 11.3. The van der Waals surface area contributed by atoms with Gasteiger partial charge in [0.2, 0.25) is 0 Å². The number of rotatable bonds is 2. The standard InChI is InChI=1S/C9H6ClN3O4/c1-17-9(16)4-2-5(8(14)15)13-7(11-4)3-6(10)12-13/h2-3H,1H3,(H,14,15). The Kier molecular flexibility index (Phi) is 2.68. The van der Waals surface area contributed by atoms with Crippen LogP contribution in [0, 0.1) is 0 Å². The zero-order chi connectivity index (χ0) is 12.6. The first-order chi connectivity index (χ1) is 8.02. The number of esters is 1. The van der Waals surface area contributed by atoms with E-state index < -0.39 is 11.9 Å². The molecule has 2 rings (SSSR count). The van der Waals surface area contributed by atoms with Gasteiger partial charge in [-0.05, 0) is 0 Å². The van der Waals surface area contributed by atoms with E-state index in [1.807, 2.05) is 0 Å². The van der Waals surface area contributed by atoms with Gasteiger partial charge >= 0.3 is 11.9 Å². The van der Waals surface area contributed by atoms with Crippen molar-refractivity contribution in [3.8, 4) is 0 Å². The van der Waals surface area contributed by atoms with Crippen LogP contribution in [0.2, 0.25) is 5.15 Å². The number of aromatic nitrogens is 3. The molecule has 0 saturated carbocycles. The number of aromatic carboxylic acids is 1. The number of carboxylic acid groups (broad SMARTS) is 1. The summed E-state index contributed by atoms with van der Waals surface area (Å²) in [6, 6.07) is 2.42. The van der Waals surface area contributed by atoms with Crippen LogP contribution in [0.1, 0.15) is 21.0 Å². The summed E-state index contributed by atoms with van der Waals surface area (Å²) in [5.74, 6) is -1.98. The Labute approximate surface area is 99.6 Å². The van der Waals surface area contributed by atoms with Gasteiger partial charge in [-0.1, -0.05) is 11.6 Å². The zero-order valence-corrected chi connectivity index (χ0v) is 9.30. The molecular formula is C9H6ClN3O4. The van der Waals surface area contributed by atoms with Crippen molar-refractivity contribution >= 4 is 29.2 Å². The first-order valence-electron chi connectivity index (χ1n) is 4.41. The van der Waals surface area contributed by atoms with Crippen LogP contribution in [-0.4, -0.2) is 38.8 Å². The molecule has 0 aromatic carbocycles. The Morgan fingerprint density at radius 1 is 1.47 bits per heavy atom. The molecule has 0 saturated heterocycles. The number of fused-ring (bicyclic) bond motifs is 1. The summed E-state index contributed by atoms with van der Waals surface area (Å²) >= 11 is 5.64. The molecule has 88 valence electrons. The summed E-state index contributed by atoms with van der Waals surface area (Å²) in [6.07, 6.45) is 0. The van der Waals surface area contributed by atoms with Crippen molar-refractivity contribution in [2.24, 2.45) is 0 Å². The number of hydrogen-bond acceptors (Lipinski definition) is 5. The van der Waals surface area contributed by atoms with E-state index >= 15 is 0 Å². The largest absolute Gasteiger partial charge is 0.477 e. The van der Waals surface area contributed by atoms with Crippen molar-refractivity contribution in [3.63, 3.8) is 0 Å². The van der Waals surface area contributed by atoms with E-state index in [1.54, 1.807) is 0 Å². The molecule has 0 aliphatic carbocycles. The van der Waals surface area contributed by atoms with Gasteiger partial charge in [-0.15, -0.1) is 0 Å². The van der Waals surface area contributed by atoms with E-state index in [1.165, 1.54) is 13.2 Å². The lowest BCUT2D eigenvalue weighted by Crippen LogP contribution is -2.12. The highest BCUT2D eigenvalue weighted by Gasteiger charge is 2.17. The second-order valence-electron chi connectivity index (χ2n) is 3.06. The number of halogens is 1. The molecule has 7 nitrogen and oxygen atoms in total. The van der Waals surface area contributed by atoms with Crippen LogP contribution in [0.3, 0.4) is 0 Å². The van der Waals surface area contributed by atoms with Gasteiger partial charge in [-0.2, -0.15) is 5.10 Å². The fraction of sp³-hybridized carbons (Fsp3) is 0.111. The van der Waals surface area contributed by atoms with Gasteiger partial charge in [0.1, 0.15) is 0 Å². The number of carbonyl (C=O) groups excluding carboxylic acids is 1. The summed E-state index contributed by atoms with van der Waals surface area (Å²) in [5.41, 5.74) is -0.174. The molecule has 1 N–H and O–H groups in total. The third kappa shape index (κ3) is 1.92. The Morgan fingerprint density at radius 2 is 2.18 bits per heavy atom. The fourth-order valence-electron chi connectivity index (χ4n) is 1.31. The molecule has 2 heterocycles. The topological polar surface area (TPSA) is 93.8 Å². The molecule has 0 aliphatic heterocycles. The molecule has 0 amide bonds. The second kappa shape index (κ2) is 4.02. The maximum absolute atomic E-state index is 11.3. The monoisotopic (exact) mass is 255 g/mol. The normalized spacial score (nSPS) is 10.5. The number of carbonyl (C=O) groups is 2. The van der Waals surface area contributed by atoms with Gasteiger partial charge in [-0.3, -0.25) is 0 Å². The summed E-state index contributed by atoms with van der Waals surface area (Å²) in [7, 11) is 1.18. The third-order valence-corrected chi connectivity index (χ3v) is 2.20. The van der Waals surface area contributed by atoms with Crippen LogP contribution in [0.4, 0.5) is 0 Å². The first-order valence-corrected chi connectivity index (χ1v) is 4.78. The minimum absolute atomic E-state index is 0.0852. The lowest BCUT2D eigenvalue weighted by Gasteiger charge is -2.02. The molecule has 0 aliphatic rings.